The van der Waals surface area contributed by atoms with Crippen molar-refractivity contribution in [2.45, 2.75) is 0 Å². The van der Waals surface area contributed by atoms with Crippen LogP contribution in [0, 0.1) is 5.82 Å². The molecule has 0 aromatic heterocycles. The number of hydrogen-bond donors (Lipinski definition) is 0. The van der Waals surface area contributed by atoms with Crippen LogP contribution in [0.4, 0.5) is 4.39 Å². The molecule has 1 saturated heterocycles. The van der Waals surface area contributed by atoms with Gasteiger partial charge in [0.15, 0.2) is 5.78 Å². The molecule has 5 nitrogen and oxygen atoms in total. The molecule has 0 atom stereocenters. The van der Waals surface area contributed by atoms with Crippen LogP contribution in [0.2, 0.25) is 5.02 Å². The third-order valence-electron chi connectivity index (χ3n) is 5.47. The summed E-state index contributed by atoms with van der Waals surface area (Å²) < 4.78 is 14.0. The van der Waals surface area contributed by atoms with Crippen LogP contribution >= 0.6 is 11.6 Å². The molecule has 2 amide bonds. The number of amides is 2. The second kappa shape index (κ2) is 9.32. The van der Waals surface area contributed by atoms with Gasteiger partial charge in [-0.2, -0.15) is 0 Å². The summed E-state index contributed by atoms with van der Waals surface area (Å²) >= 11 is 5.91. The lowest BCUT2D eigenvalue weighted by molar-refractivity contribution is 0.0532. The van der Waals surface area contributed by atoms with Crippen LogP contribution in [-0.4, -0.2) is 53.6 Å². The third kappa shape index (κ3) is 4.41. The monoisotopic (exact) mass is 450 g/mol. The zero-order valence-electron chi connectivity index (χ0n) is 17.1. The van der Waals surface area contributed by atoms with Crippen molar-refractivity contribution in [3.63, 3.8) is 0 Å². The van der Waals surface area contributed by atoms with Crippen molar-refractivity contribution in [1.82, 2.24) is 9.80 Å². The van der Waals surface area contributed by atoms with Gasteiger partial charge in [-0.15, -0.1) is 0 Å². The number of rotatable bonds is 4. The molecular weight excluding hydrogens is 431 g/mol. The Hall–Kier alpha value is -3.51. The van der Waals surface area contributed by atoms with Crippen molar-refractivity contribution in [1.29, 1.82) is 0 Å². The van der Waals surface area contributed by atoms with Crippen molar-refractivity contribution in [2.24, 2.45) is 0 Å². The first-order valence-electron chi connectivity index (χ1n) is 10.2. The van der Waals surface area contributed by atoms with Gasteiger partial charge in [0.25, 0.3) is 11.8 Å². The fraction of sp³-hybridized carbons (Fsp3) is 0.160. The van der Waals surface area contributed by atoms with E-state index in [2.05, 4.69) is 0 Å². The highest BCUT2D eigenvalue weighted by atomic mass is 35.5. The molecule has 162 valence electrons. The van der Waals surface area contributed by atoms with Gasteiger partial charge in [0.05, 0.1) is 11.1 Å². The first kappa shape index (κ1) is 21.7. The molecule has 4 rings (SSSR count). The Bertz CT molecular complexity index is 1170. The summed E-state index contributed by atoms with van der Waals surface area (Å²) in [7, 11) is 0. The summed E-state index contributed by atoms with van der Waals surface area (Å²) in [4.78, 5) is 42.0. The maximum absolute atomic E-state index is 14.0. The molecule has 0 bridgehead atoms. The summed E-state index contributed by atoms with van der Waals surface area (Å²) in [5, 5.41) is 0.522. The molecule has 1 aliphatic rings. The summed E-state index contributed by atoms with van der Waals surface area (Å²) in [5.74, 6) is -1.50. The molecule has 0 aliphatic carbocycles. The van der Waals surface area contributed by atoms with Crippen LogP contribution < -0.4 is 0 Å². The van der Waals surface area contributed by atoms with Gasteiger partial charge in [-0.05, 0) is 42.5 Å². The van der Waals surface area contributed by atoms with Gasteiger partial charge >= 0.3 is 0 Å². The van der Waals surface area contributed by atoms with Crippen molar-refractivity contribution >= 4 is 29.2 Å². The Morgan fingerprint density at radius 2 is 1.12 bits per heavy atom. The molecule has 3 aromatic carbocycles. The van der Waals surface area contributed by atoms with Gasteiger partial charge in [0, 0.05) is 42.3 Å². The molecule has 1 fully saturated rings. The van der Waals surface area contributed by atoms with Crippen molar-refractivity contribution in [3.8, 4) is 0 Å². The Morgan fingerprint density at radius 3 is 1.69 bits per heavy atom. The van der Waals surface area contributed by atoms with E-state index in [0.29, 0.717) is 34.8 Å². The van der Waals surface area contributed by atoms with Gasteiger partial charge < -0.3 is 9.80 Å². The van der Waals surface area contributed by atoms with Crippen molar-refractivity contribution in [3.05, 3.63) is 106 Å². The maximum Gasteiger partial charge on any atom is 0.256 e. The molecule has 1 heterocycles. The zero-order valence-corrected chi connectivity index (χ0v) is 17.9. The predicted molar refractivity (Wildman–Crippen MR) is 120 cm³/mol. The first-order valence-corrected chi connectivity index (χ1v) is 10.6. The number of carbonyl (C=O) groups is 3. The van der Waals surface area contributed by atoms with Crippen molar-refractivity contribution in [2.75, 3.05) is 26.2 Å². The Labute approximate surface area is 190 Å². The van der Waals surface area contributed by atoms with E-state index < -0.39 is 11.7 Å². The topological polar surface area (TPSA) is 57.7 Å². The summed E-state index contributed by atoms with van der Waals surface area (Å²) in [6, 6.07) is 19.0. The Morgan fingerprint density at radius 1 is 0.656 bits per heavy atom. The van der Waals surface area contributed by atoms with Crippen molar-refractivity contribution < 1.29 is 18.8 Å². The SMILES string of the molecule is O=C(c1ccc(Cl)cc1)c1ccccc1C(=O)N1CCN(C(=O)c2ccccc2F)CC1. The normalized spacial score (nSPS) is 13.7. The second-order valence-electron chi connectivity index (χ2n) is 7.45. The minimum absolute atomic E-state index is 0.0196. The quantitative estimate of drug-likeness (QED) is 0.556. The first-order chi connectivity index (χ1) is 15.5. The van der Waals surface area contributed by atoms with E-state index in [1.807, 2.05) is 0 Å². The van der Waals surface area contributed by atoms with Gasteiger partial charge in [-0.1, -0.05) is 41.9 Å². The van der Waals surface area contributed by atoms with E-state index in [1.165, 1.54) is 23.1 Å². The van der Waals surface area contributed by atoms with Gasteiger partial charge in [0.2, 0.25) is 0 Å². The number of carbonyl (C=O) groups excluding carboxylic acids is 3. The van der Waals surface area contributed by atoms with E-state index in [9.17, 15) is 18.8 Å². The predicted octanol–water partition coefficient (Wildman–Crippen LogP) is 4.31. The molecule has 0 saturated carbocycles. The van der Waals surface area contributed by atoms with Gasteiger partial charge in [-0.3, -0.25) is 14.4 Å². The zero-order chi connectivity index (χ0) is 22.7. The van der Waals surface area contributed by atoms with Crippen LogP contribution in [0.1, 0.15) is 36.6 Å². The Kier molecular flexibility index (Phi) is 6.32. The van der Waals surface area contributed by atoms with Crippen LogP contribution in [0.5, 0.6) is 0 Å². The number of hydrogen-bond acceptors (Lipinski definition) is 3. The third-order valence-corrected chi connectivity index (χ3v) is 5.72. The van der Waals surface area contributed by atoms with Crippen LogP contribution in [0.25, 0.3) is 0 Å². The van der Waals surface area contributed by atoms with Gasteiger partial charge in [-0.25, -0.2) is 4.39 Å². The highest BCUT2D eigenvalue weighted by molar-refractivity contribution is 6.30. The van der Waals surface area contributed by atoms with Crippen LogP contribution in [-0.2, 0) is 0 Å². The average molecular weight is 451 g/mol. The van der Waals surface area contributed by atoms with E-state index in [-0.39, 0.29) is 30.3 Å². The second-order valence-corrected chi connectivity index (χ2v) is 7.88. The van der Waals surface area contributed by atoms with Gasteiger partial charge in [0.1, 0.15) is 5.82 Å². The fourth-order valence-electron chi connectivity index (χ4n) is 3.71. The molecule has 3 aromatic rings. The molecule has 1 aliphatic heterocycles. The summed E-state index contributed by atoms with van der Waals surface area (Å²) in [5.41, 5.74) is 1.08. The lowest BCUT2D eigenvalue weighted by Gasteiger charge is -2.35. The average Bonchev–Trinajstić information content (AvgIpc) is 2.83. The van der Waals surface area contributed by atoms with E-state index in [4.69, 9.17) is 11.6 Å². The smallest absolute Gasteiger partial charge is 0.256 e. The lowest BCUT2D eigenvalue weighted by atomic mass is 9.97. The highest BCUT2D eigenvalue weighted by Crippen LogP contribution is 2.20. The summed E-state index contributed by atoms with van der Waals surface area (Å²) in [6.07, 6.45) is 0. The number of benzene rings is 3. The fourth-order valence-corrected chi connectivity index (χ4v) is 3.84. The standard InChI is InChI=1S/C25H20ClFN2O3/c26-18-11-9-17(10-12-18)23(30)19-5-1-2-6-20(19)24(31)28-13-15-29(16-14-28)25(32)21-7-3-4-8-22(21)27/h1-12H,13-16H2. The molecule has 0 N–H and O–H groups in total. The van der Waals surface area contributed by atoms with Crippen LogP contribution in [0.15, 0.2) is 72.8 Å². The van der Waals surface area contributed by atoms with E-state index in [1.54, 1.807) is 59.5 Å². The number of piperazine rings is 1. The van der Waals surface area contributed by atoms with Crippen LogP contribution in [0.3, 0.4) is 0 Å². The molecule has 0 unspecified atom stereocenters. The Balaban J connectivity index is 1.48. The number of nitrogens with zero attached hydrogens (tertiary/aromatic N) is 2. The molecule has 32 heavy (non-hydrogen) atoms. The lowest BCUT2D eigenvalue weighted by Crippen LogP contribution is -2.50. The summed E-state index contributed by atoms with van der Waals surface area (Å²) in [6.45, 7) is 1.16. The maximum atomic E-state index is 14.0. The molecule has 7 heteroatoms. The van der Waals surface area contributed by atoms with E-state index in [0.717, 1.165) is 0 Å². The molecular formula is C25H20ClFN2O3. The number of halogens is 2. The molecule has 0 spiro atoms. The van der Waals surface area contributed by atoms with E-state index >= 15 is 0 Å². The minimum Gasteiger partial charge on any atom is -0.335 e. The largest absolute Gasteiger partial charge is 0.335 e. The highest BCUT2D eigenvalue weighted by Gasteiger charge is 2.28. The minimum atomic E-state index is -0.564. The molecule has 0 radical (unpaired) electrons. The number of ketones is 1.